The van der Waals surface area contributed by atoms with Gasteiger partial charge in [-0.2, -0.15) is 0 Å². The van der Waals surface area contributed by atoms with E-state index in [1.807, 2.05) is 25.1 Å². The van der Waals surface area contributed by atoms with E-state index < -0.39 is 0 Å². The van der Waals surface area contributed by atoms with E-state index in [0.29, 0.717) is 23.8 Å². The first-order chi connectivity index (χ1) is 11.1. The van der Waals surface area contributed by atoms with E-state index in [-0.39, 0.29) is 5.97 Å². The molecule has 6 nitrogen and oxygen atoms in total. The van der Waals surface area contributed by atoms with Crippen molar-refractivity contribution in [3.05, 3.63) is 41.7 Å². The highest BCUT2D eigenvalue weighted by atomic mass is 16.5. The second kappa shape index (κ2) is 8.12. The lowest BCUT2D eigenvalue weighted by molar-refractivity contribution is 0.0526. The number of hydrogen-bond donors (Lipinski definition) is 2. The molecule has 0 bridgehead atoms. The zero-order chi connectivity index (χ0) is 16.7. The van der Waals surface area contributed by atoms with Crippen molar-refractivity contribution in [3.63, 3.8) is 0 Å². The van der Waals surface area contributed by atoms with E-state index in [1.54, 1.807) is 19.1 Å². The van der Waals surface area contributed by atoms with Crippen molar-refractivity contribution in [2.75, 3.05) is 23.8 Å². The van der Waals surface area contributed by atoms with Crippen LogP contribution < -0.4 is 10.6 Å². The van der Waals surface area contributed by atoms with Gasteiger partial charge in [0, 0.05) is 18.3 Å². The molecule has 0 radical (unpaired) electrons. The molecule has 23 heavy (non-hydrogen) atoms. The van der Waals surface area contributed by atoms with Gasteiger partial charge in [0.1, 0.15) is 17.5 Å². The van der Waals surface area contributed by atoms with Crippen molar-refractivity contribution >= 4 is 23.3 Å². The Hall–Kier alpha value is -2.63. The van der Waals surface area contributed by atoms with Crippen LogP contribution in [0.1, 0.15) is 36.5 Å². The Morgan fingerprint density at radius 1 is 1.13 bits per heavy atom. The summed E-state index contributed by atoms with van der Waals surface area (Å²) >= 11 is 0. The standard InChI is InChI=1S/C17H22N4O2/c1-4-10-18-15-11-16(20-12(3)19-15)21-14-8-6-13(7-9-14)17(22)23-5-2/h6-9,11H,4-5,10H2,1-3H3,(H2,18,19,20,21). The molecule has 1 aromatic carbocycles. The van der Waals surface area contributed by atoms with E-state index in [9.17, 15) is 4.79 Å². The predicted molar refractivity (Wildman–Crippen MR) is 91.2 cm³/mol. The number of carbonyl (C=O) groups is 1. The van der Waals surface area contributed by atoms with Crippen molar-refractivity contribution in [1.29, 1.82) is 0 Å². The molecule has 0 spiro atoms. The van der Waals surface area contributed by atoms with Crippen LogP contribution in [-0.2, 0) is 4.74 Å². The van der Waals surface area contributed by atoms with Gasteiger partial charge in [0.25, 0.3) is 0 Å². The molecule has 0 saturated carbocycles. The zero-order valence-corrected chi connectivity index (χ0v) is 13.7. The van der Waals surface area contributed by atoms with Gasteiger partial charge >= 0.3 is 5.97 Å². The number of aryl methyl sites for hydroxylation is 1. The average Bonchev–Trinajstić information content (AvgIpc) is 2.53. The van der Waals surface area contributed by atoms with Gasteiger partial charge < -0.3 is 15.4 Å². The number of nitrogens with one attached hydrogen (secondary N) is 2. The fourth-order valence-corrected chi connectivity index (χ4v) is 2.03. The minimum absolute atomic E-state index is 0.317. The second-order valence-electron chi connectivity index (χ2n) is 5.04. The van der Waals surface area contributed by atoms with Crippen molar-refractivity contribution in [1.82, 2.24) is 9.97 Å². The van der Waals surface area contributed by atoms with Gasteiger partial charge in [-0.05, 0) is 44.5 Å². The highest BCUT2D eigenvalue weighted by Gasteiger charge is 2.06. The largest absolute Gasteiger partial charge is 0.462 e. The Morgan fingerprint density at radius 2 is 1.83 bits per heavy atom. The molecule has 0 fully saturated rings. The van der Waals surface area contributed by atoms with Crippen LogP contribution in [0, 0.1) is 6.92 Å². The third-order valence-electron chi connectivity index (χ3n) is 3.06. The third kappa shape index (κ3) is 4.95. The number of ether oxygens (including phenoxy) is 1. The number of rotatable bonds is 7. The molecule has 0 unspecified atom stereocenters. The first-order valence-electron chi connectivity index (χ1n) is 7.76. The lowest BCUT2D eigenvalue weighted by atomic mass is 10.2. The highest BCUT2D eigenvalue weighted by Crippen LogP contribution is 2.18. The summed E-state index contributed by atoms with van der Waals surface area (Å²) < 4.78 is 4.97. The molecule has 0 aliphatic carbocycles. The SMILES string of the molecule is CCCNc1cc(Nc2ccc(C(=O)OCC)cc2)nc(C)n1. The maximum absolute atomic E-state index is 11.6. The lowest BCUT2D eigenvalue weighted by Crippen LogP contribution is -2.06. The van der Waals surface area contributed by atoms with E-state index >= 15 is 0 Å². The quantitative estimate of drug-likeness (QED) is 0.761. The number of hydrogen-bond acceptors (Lipinski definition) is 6. The molecule has 122 valence electrons. The number of nitrogens with zero attached hydrogens (tertiary/aromatic N) is 2. The molecular formula is C17H22N4O2. The maximum atomic E-state index is 11.6. The Morgan fingerprint density at radius 3 is 2.48 bits per heavy atom. The fraction of sp³-hybridized carbons (Fsp3) is 0.353. The van der Waals surface area contributed by atoms with Crippen LogP contribution >= 0.6 is 0 Å². The molecule has 0 saturated heterocycles. The van der Waals surface area contributed by atoms with Crippen LogP contribution in [0.15, 0.2) is 30.3 Å². The summed E-state index contributed by atoms with van der Waals surface area (Å²) in [6, 6.07) is 8.96. The number of carbonyl (C=O) groups excluding carboxylic acids is 1. The van der Waals surface area contributed by atoms with Crippen molar-refractivity contribution < 1.29 is 9.53 Å². The molecule has 1 heterocycles. The van der Waals surface area contributed by atoms with Crippen molar-refractivity contribution in [3.8, 4) is 0 Å². The molecule has 0 aliphatic heterocycles. The summed E-state index contributed by atoms with van der Waals surface area (Å²) in [5.41, 5.74) is 1.37. The Kier molecular flexibility index (Phi) is 5.91. The second-order valence-corrected chi connectivity index (χ2v) is 5.04. The lowest BCUT2D eigenvalue weighted by Gasteiger charge is -2.10. The molecule has 0 atom stereocenters. The summed E-state index contributed by atoms with van der Waals surface area (Å²) in [6.07, 6.45) is 1.03. The molecular weight excluding hydrogens is 292 g/mol. The van der Waals surface area contributed by atoms with Crippen LogP contribution in [-0.4, -0.2) is 29.1 Å². The summed E-state index contributed by atoms with van der Waals surface area (Å²) in [4.78, 5) is 20.4. The zero-order valence-electron chi connectivity index (χ0n) is 13.7. The topological polar surface area (TPSA) is 76.1 Å². The van der Waals surface area contributed by atoms with Crippen LogP contribution in [0.5, 0.6) is 0 Å². The molecule has 0 aliphatic rings. The fourth-order valence-electron chi connectivity index (χ4n) is 2.03. The van der Waals surface area contributed by atoms with Crippen LogP contribution in [0.2, 0.25) is 0 Å². The van der Waals surface area contributed by atoms with Gasteiger partial charge in [-0.25, -0.2) is 14.8 Å². The minimum atomic E-state index is -0.317. The molecule has 2 N–H and O–H groups in total. The molecule has 2 rings (SSSR count). The molecule has 2 aromatic rings. The average molecular weight is 314 g/mol. The normalized spacial score (nSPS) is 10.2. The van der Waals surface area contributed by atoms with Gasteiger partial charge in [0.2, 0.25) is 0 Å². The smallest absolute Gasteiger partial charge is 0.338 e. The highest BCUT2D eigenvalue weighted by molar-refractivity contribution is 5.89. The summed E-state index contributed by atoms with van der Waals surface area (Å²) in [6.45, 7) is 6.98. The molecule has 0 amide bonds. The summed E-state index contributed by atoms with van der Waals surface area (Å²) in [5.74, 6) is 1.88. The first-order valence-corrected chi connectivity index (χ1v) is 7.76. The van der Waals surface area contributed by atoms with E-state index in [0.717, 1.165) is 24.5 Å². The van der Waals surface area contributed by atoms with Crippen molar-refractivity contribution in [2.45, 2.75) is 27.2 Å². The maximum Gasteiger partial charge on any atom is 0.338 e. The van der Waals surface area contributed by atoms with Gasteiger partial charge in [0.05, 0.1) is 12.2 Å². The first kappa shape index (κ1) is 16.7. The Bertz CT molecular complexity index is 656. The van der Waals surface area contributed by atoms with E-state index in [1.165, 1.54) is 0 Å². The Balaban J connectivity index is 2.09. The van der Waals surface area contributed by atoms with Crippen LogP contribution in [0.25, 0.3) is 0 Å². The van der Waals surface area contributed by atoms with Crippen LogP contribution in [0.4, 0.5) is 17.3 Å². The van der Waals surface area contributed by atoms with Crippen LogP contribution in [0.3, 0.4) is 0 Å². The van der Waals surface area contributed by atoms with Gasteiger partial charge in [0.15, 0.2) is 0 Å². The Labute approximate surface area is 136 Å². The molecule has 6 heteroatoms. The summed E-state index contributed by atoms with van der Waals surface area (Å²) in [7, 11) is 0. The van der Waals surface area contributed by atoms with E-state index in [4.69, 9.17) is 4.74 Å². The number of benzene rings is 1. The van der Waals surface area contributed by atoms with Gasteiger partial charge in [-0.3, -0.25) is 0 Å². The minimum Gasteiger partial charge on any atom is -0.462 e. The van der Waals surface area contributed by atoms with Gasteiger partial charge in [-0.1, -0.05) is 6.92 Å². The molecule has 1 aromatic heterocycles. The monoisotopic (exact) mass is 314 g/mol. The third-order valence-corrected chi connectivity index (χ3v) is 3.06. The number of anilines is 3. The number of esters is 1. The predicted octanol–water partition coefficient (Wildman–Crippen LogP) is 3.53. The summed E-state index contributed by atoms with van der Waals surface area (Å²) in [5, 5.41) is 6.46. The van der Waals surface area contributed by atoms with E-state index in [2.05, 4.69) is 27.5 Å². The number of aromatic nitrogens is 2. The van der Waals surface area contributed by atoms with Crippen molar-refractivity contribution in [2.24, 2.45) is 0 Å². The van der Waals surface area contributed by atoms with Gasteiger partial charge in [-0.15, -0.1) is 0 Å².